The lowest BCUT2D eigenvalue weighted by atomic mass is 9.98. The molecule has 1 aliphatic carbocycles. The van der Waals surface area contributed by atoms with Crippen molar-refractivity contribution in [1.82, 2.24) is 10.3 Å². The quantitative estimate of drug-likeness (QED) is 0.824. The number of fused-ring (bicyclic) bond motifs is 1. The van der Waals surface area contributed by atoms with Crippen molar-refractivity contribution in [2.75, 3.05) is 25.0 Å². The largest absolute Gasteiger partial charge is 0.351 e. The average molecular weight is 295 g/mol. The summed E-state index contributed by atoms with van der Waals surface area (Å²) in [6.45, 7) is 9.02. The summed E-state index contributed by atoms with van der Waals surface area (Å²) in [5.74, 6) is 0.756. The summed E-state index contributed by atoms with van der Waals surface area (Å²) < 4.78 is 0. The Morgan fingerprint density at radius 3 is 2.95 bits per heavy atom. The third-order valence-corrected chi connectivity index (χ3v) is 5.27. The molecule has 0 saturated carbocycles. The maximum atomic E-state index is 4.89. The molecule has 1 aromatic heterocycles. The first-order chi connectivity index (χ1) is 9.61. The van der Waals surface area contributed by atoms with Gasteiger partial charge in [0.2, 0.25) is 0 Å². The highest BCUT2D eigenvalue weighted by molar-refractivity contribution is 7.15. The molecule has 114 valence electrons. The van der Waals surface area contributed by atoms with E-state index in [1.54, 1.807) is 0 Å². The molecule has 1 unspecified atom stereocenters. The van der Waals surface area contributed by atoms with Gasteiger partial charge in [-0.1, -0.05) is 32.1 Å². The summed E-state index contributed by atoms with van der Waals surface area (Å²) >= 11 is 1.91. The van der Waals surface area contributed by atoms with E-state index >= 15 is 0 Å². The second-order valence-corrected chi connectivity index (χ2v) is 7.32. The standard InChI is InChI=1S/C16H29N3S/c1-5-10-17-13-7-6-8-14-15(13)20-16(18-14)19(4)11-9-12(2)3/h12-13,17H,5-11H2,1-4H3. The van der Waals surface area contributed by atoms with Gasteiger partial charge in [0.25, 0.3) is 0 Å². The topological polar surface area (TPSA) is 28.2 Å². The Morgan fingerprint density at radius 2 is 2.25 bits per heavy atom. The van der Waals surface area contributed by atoms with Crippen LogP contribution in [0.15, 0.2) is 0 Å². The Kier molecular flexibility index (Phi) is 5.85. The van der Waals surface area contributed by atoms with Gasteiger partial charge in [-0.3, -0.25) is 0 Å². The van der Waals surface area contributed by atoms with E-state index in [9.17, 15) is 0 Å². The number of hydrogen-bond donors (Lipinski definition) is 1. The summed E-state index contributed by atoms with van der Waals surface area (Å²) in [7, 11) is 2.18. The lowest BCUT2D eigenvalue weighted by Crippen LogP contribution is -2.24. The Hall–Kier alpha value is -0.610. The van der Waals surface area contributed by atoms with Gasteiger partial charge >= 0.3 is 0 Å². The number of anilines is 1. The molecule has 0 spiro atoms. The molecule has 20 heavy (non-hydrogen) atoms. The summed E-state index contributed by atoms with van der Waals surface area (Å²) in [6.07, 6.45) is 6.13. The molecule has 2 rings (SSSR count). The van der Waals surface area contributed by atoms with Crippen LogP contribution in [-0.4, -0.2) is 25.1 Å². The third kappa shape index (κ3) is 3.95. The smallest absolute Gasteiger partial charge is 0.185 e. The summed E-state index contributed by atoms with van der Waals surface area (Å²) in [6, 6.07) is 0.545. The van der Waals surface area contributed by atoms with Gasteiger partial charge in [-0.2, -0.15) is 0 Å². The molecule has 0 fully saturated rings. The Labute approximate surface area is 127 Å². The van der Waals surface area contributed by atoms with E-state index in [0.717, 1.165) is 25.4 Å². The highest BCUT2D eigenvalue weighted by atomic mass is 32.1. The zero-order chi connectivity index (χ0) is 14.5. The van der Waals surface area contributed by atoms with Gasteiger partial charge in [-0.25, -0.2) is 4.98 Å². The van der Waals surface area contributed by atoms with Crippen LogP contribution in [0.1, 0.15) is 63.1 Å². The number of aromatic nitrogens is 1. The molecule has 0 radical (unpaired) electrons. The van der Waals surface area contributed by atoms with Crippen LogP contribution in [0.3, 0.4) is 0 Å². The molecule has 1 atom stereocenters. The summed E-state index contributed by atoms with van der Waals surface area (Å²) in [4.78, 5) is 8.72. The highest BCUT2D eigenvalue weighted by Crippen LogP contribution is 2.37. The molecule has 1 aromatic rings. The first-order valence-corrected chi connectivity index (χ1v) is 8.87. The molecule has 1 aliphatic rings. The van der Waals surface area contributed by atoms with Crippen LogP contribution in [0.25, 0.3) is 0 Å². The van der Waals surface area contributed by atoms with Crippen molar-refractivity contribution in [1.29, 1.82) is 0 Å². The molecule has 0 aromatic carbocycles. The second kappa shape index (κ2) is 7.41. The molecule has 0 amide bonds. The first kappa shape index (κ1) is 15.8. The monoisotopic (exact) mass is 295 g/mol. The SMILES string of the molecule is CCCNC1CCCc2nc(N(C)CCC(C)C)sc21. The summed E-state index contributed by atoms with van der Waals surface area (Å²) in [5, 5.41) is 4.89. The lowest BCUT2D eigenvalue weighted by Gasteiger charge is -2.22. The summed E-state index contributed by atoms with van der Waals surface area (Å²) in [5.41, 5.74) is 1.35. The van der Waals surface area contributed by atoms with Crippen molar-refractivity contribution >= 4 is 16.5 Å². The molecular formula is C16H29N3S. The number of thiazole rings is 1. The second-order valence-electron chi connectivity index (χ2n) is 6.31. The van der Waals surface area contributed by atoms with Crippen molar-refractivity contribution in [2.24, 2.45) is 5.92 Å². The zero-order valence-electron chi connectivity index (χ0n) is 13.4. The van der Waals surface area contributed by atoms with Crippen molar-refractivity contribution in [3.8, 4) is 0 Å². The minimum atomic E-state index is 0.545. The Bertz CT molecular complexity index is 414. The van der Waals surface area contributed by atoms with Gasteiger partial charge in [0, 0.05) is 24.5 Å². The van der Waals surface area contributed by atoms with Crippen molar-refractivity contribution in [3.63, 3.8) is 0 Å². The number of aryl methyl sites for hydroxylation is 1. The molecule has 3 nitrogen and oxygen atoms in total. The van der Waals surface area contributed by atoms with Crippen LogP contribution >= 0.6 is 11.3 Å². The molecule has 1 N–H and O–H groups in total. The number of rotatable bonds is 7. The minimum Gasteiger partial charge on any atom is -0.351 e. The Balaban J connectivity index is 2.04. The van der Waals surface area contributed by atoms with Crippen LogP contribution in [0.4, 0.5) is 5.13 Å². The number of nitrogens with zero attached hydrogens (tertiary/aromatic N) is 2. The van der Waals surface area contributed by atoms with Crippen molar-refractivity contribution in [2.45, 2.75) is 58.9 Å². The van der Waals surface area contributed by atoms with E-state index < -0.39 is 0 Å². The number of nitrogens with one attached hydrogen (secondary N) is 1. The van der Waals surface area contributed by atoms with E-state index in [0.29, 0.717) is 6.04 Å². The van der Waals surface area contributed by atoms with Gasteiger partial charge in [0.15, 0.2) is 5.13 Å². The van der Waals surface area contributed by atoms with Crippen LogP contribution in [0, 0.1) is 5.92 Å². The normalized spacial score (nSPS) is 18.4. The maximum Gasteiger partial charge on any atom is 0.185 e. The molecule has 1 heterocycles. The maximum absolute atomic E-state index is 4.89. The zero-order valence-corrected chi connectivity index (χ0v) is 14.2. The fourth-order valence-electron chi connectivity index (χ4n) is 2.63. The van der Waals surface area contributed by atoms with Gasteiger partial charge in [-0.15, -0.1) is 0 Å². The van der Waals surface area contributed by atoms with Crippen LogP contribution in [0.5, 0.6) is 0 Å². The van der Waals surface area contributed by atoms with Crippen LogP contribution < -0.4 is 10.2 Å². The third-order valence-electron chi connectivity index (χ3n) is 3.95. The van der Waals surface area contributed by atoms with E-state index in [2.05, 4.69) is 38.0 Å². The van der Waals surface area contributed by atoms with E-state index in [1.165, 1.54) is 41.4 Å². The fraction of sp³-hybridized carbons (Fsp3) is 0.812. The average Bonchev–Trinajstić information content (AvgIpc) is 2.87. The van der Waals surface area contributed by atoms with Gasteiger partial charge in [0.05, 0.1) is 5.69 Å². The molecule has 0 aliphatic heterocycles. The van der Waals surface area contributed by atoms with Crippen LogP contribution in [-0.2, 0) is 6.42 Å². The Morgan fingerprint density at radius 1 is 1.45 bits per heavy atom. The van der Waals surface area contributed by atoms with E-state index in [1.807, 2.05) is 11.3 Å². The minimum absolute atomic E-state index is 0.545. The fourth-order valence-corrected chi connectivity index (χ4v) is 3.84. The van der Waals surface area contributed by atoms with Gasteiger partial charge in [-0.05, 0) is 44.6 Å². The van der Waals surface area contributed by atoms with E-state index in [4.69, 9.17) is 4.98 Å². The molecule has 0 saturated heterocycles. The molecule has 0 bridgehead atoms. The van der Waals surface area contributed by atoms with E-state index in [-0.39, 0.29) is 0 Å². The van der Waals surface area contributed by atoms with Crippen molar-refractivity contribution in [3.05, 3.63) is 10.6 Å². The predicted octanol–water partition coefficient (Wildman–Crippen LogP) is 4.00. The highest BCUT2D eigenvalue weighted by Gasteiger charge is 2.24. The van der Waals surface area contributed by atoms with Gasteiger partial charge < -0.3 is 10.2 Å². The first-order valence-electron chi connectivity index (χ1n) is 8.06. The van der Waals surface area contributed by atoms with Crippen LogP contribution in [0.2, 0.25) is 0 Å². The predicted molar refractivity (Wildman–Crippen MR) is 88.8 cm³/mol. The van der Waals surface area contributed by atoms with Gasteiger partial charge in [0.1, 0.15) is 0 Å². The lowest BCUT2D eigenvalue weighted by molar-refractivity contribution is 0.464. The molecular weight excluding hydrogens is 266 g/mol. The van der Waals surface area contributed by atoms with Crippen molar-refractivity contribution < 1.29 is 0 Å². The molecule has 4 heteroatoms. The number of hydrogen-bond acceptors (Lipinski definition) is 4.